The quantitative estimate of drug-likeness (QED) is 0.844. The number of anilines is 1. The van der Waals surface area contributed by atoms with Crippen LogP contribution in [0.5, 0.6) is 0 Å². The molecule has 5 heteroatoms. The number of rotatable bonds is 6. The van der Waals surface area contributed by atoms with Crippen LogP contribution in [0.15, 0.2) is 36.7 Å². The van der Waals surface area contributed by atoms with Crippen LogP contribution in [0.3, 0.4) is 0 Å². The van der Waals surface area contributed by atoms with E-state index in [1.165, 1.54) is 0 Å². The number of nitrogens with two attached hydrogens (primary N) is 1. The molecule has 3 N–H and O–H groups in total. The summed E-state index contributed by atoms with van der Waals surface area (Å²) in [5.41, 5.74) is 7.36. The zero-order valence-corrected chi connectivity index (χ0v) is 11.7. The molecule has 2 rings (SSSR count). The second-order valence-electron chi connectivity index (χ2n) is 4.67. The van der Waals surface area contributed by atoms with Gasteiger partial charge in [0.1, 0.15) is 12.4 Å². The average Bonchev–Trinajstić information content (AvgIpc) is 2.86. The molecule has 0 atom stereocenters. The number of amides is 1. The Balaban J connectivity index is 1.99. The van der Waals surface area contributed by atoms with E-state index in [9.17, 15) is 4.79 Å². The van der Waals surface area contributed by atoms with E-state index in [0.717, 1.165) is 29.9 Å². The van der Waals surface area contributed by atoms with Crippen molar-refractivity contribution < 1.29 is 4.79 Å². The number of nitrogens with zero attached hydrogens (tertiary/aromatic N) is 2. The van der Waals surface area contributed by atoms with Crippen molar-refractivity contribution in [1.29, 1.82) is 0 Å². The minimum absolute atomic E-state index is 0.0606. The Hall–Kier alpha value is -2.14. The molecule has 0 saturated heterocycles. The summed E-state index contributed by atoms with van der Waals surface area (Å²) in [6.45, 7) is 2.84. The van der Waals surface area contributed by atoms with Gasteiger partial charge >= 0.3 is 0 Å². The molecule has 1 amide bonds. The Morgan fingerprint density at radius 2 is 2.30 bits per heavy atom. The molecule has 0 radical (unpaired) electrons. The average molecular weight is 272 g/mol. The van der Waals surface area contributed by atoms with E-state index in [1.807, 2.05) is 35.0 Å². The van der Waals surface area contributed by atoms with E-state index < -0.39 is 0 Å². The number of hydrogen-bond donors (Lipinski definition) is 2. The number of hydrogen-bond acceptors (Lipinski definition) is 3. The molecule has 5 nitrogen and oxygen atoms in total. The Morgan fingerprint density at radius 1 is 1.45 bits per heavy atom. The molecular formula is C15H20N4O. The number of benzene rings is 1. The SMILES string of the molecule is CCCc1nccn1CC(=O)Nc1cccc(CN)c1. The molecular weight excluding hydrogens is 252 g/mol. The van der Waals surface area contributed by atoms with Gasteiger partial charge in [0.05, 0.1) is 0 Å². The first-order chi connectivity index (χ1) is 9.72. The highest BCUT2D eigenvalue weighted by Gasteiger charge is 2.07. The van der Waals surface area contributed by atoms with Crippen LogP contribution < -0.4 is 11.1 Å². The maximum Gasteiger partial charge on any atom is 0.244 e. The third kappa shape index (κ3) is 3.68. The first kappa shape index (κ1) is 14.3. The number of aryl methyl sites for hydroxylation is 1. The molecule has 0 spiro atoms. The van der Waals surface area contributed by atoms with Crippen LogP contribution in [-0.4, -0.2) is 15.5 Å². The molecule has 0 aliphatic heterocycles. The van der Waals surface area contributed by atoms with Gasteiger partial charge in [-0.15, -0.1) is 0 Å². The highest BCUT2D eigenvalue weighted by atomic mass is 16.1. The highest BCUT2D eigenvalue weighted by molar-refractivity contribution is 5.90. The van der Waals surface area contributed by atoms with Gasteiger partial charge in [0.2, 0.25) is 5.91 Å². The zero-order valence-electron chi connectivity index (χ0n) is 11.7. The number of carbonyl (C=O) groups is 1. The van der Waals surface area contributed by atoms with E-state index >= 15 is 0 Å². The van der Waals surface area contributed by atoms with E-state index in [1.54, 1.807) is 6.20 Å². The lowest BCUT2D eigenvalue weighted by Crippen LogP contribution is -2.20. The van der Waals surface area contributed by atoms with Gasteiger partial charge in [-0.05, 0) is 24.1 Å². The fraction of sp³-hybridized carbons (Fsp3) is 0.333. The summed E-state index contributed by atoms with van der Waals surface area (Å²) in [4.78, 5) is 16.3. The summed E-state index contributed by atoms with van der Waals surface area (Å²) in [6, 6.07) is 7.57. The largest absolute Gasteiger partial charge is 0.326 e. The summed E-state index contributed by atoms with van der Waals surface area (Å²) in [7, 11) is 0. The van der Waals surface area contributed by atoms with Crippen molar-refractivity contribution in [3.8, 4) is 0 Å². The Morgan fingerprint density at radius 3 is 3.05 bits per heavy atom. The summed E-state index contributed by atoms with van der Waals surface area (Å²) in [5.74, 6) is 0.882. The lowest BCUT2D eigenvalue weighted by molar-refractivity contribution is -0.116. The van der Waals surface area contributed by atoms with E-state index in [2.05, 4.69) is 17.2 Å². The van der Waals surface area contributed by atoms with Crippen LogP contribution in [-0.2, 0) is 24.3 Å². The smallest absolute Gasteiger partial charge is 0.244 e. The Bertz CT molecular complexity index is 577. The van der Waals surface area contributed by atoms with E-state index in [-0.39, 0.29) is 12.5 Å². The molecule has 0 aliphatic carbocycles. The standard InChI is InChI=1S/C15H20N4O/c1-2-4-14-17-7-8-19(14)11-15(20)18-13-6-3-5-12(9-13)10-16/h3,5-9H,2,4,10-11,16H2,1H3,(H,18,20). The second kappa shape index (κ2) is 6.86. The highest BCUT2D eigenvalue weighted by Crippen LogP contribution is 2.10. The normalized spacial score (nSPS) is 10.5. The minimum atomic E-state index is -0.0606. The lowest BCUT2D eigenvalue weighted by atomic mass is 10.2. The number of imidazole rings is 1. The Kier molecular flexibility index (Phi) is 4.90. The monoisotopic (exact) mass is 272 g/mol. The fourth-order valence-corrected chi connectivity index (χ4v) is 2.07. The number of nitrogens with one attached hydrogen (secondary N) is 1. The van der Waals surface area contributed by atoms with Crippen LogP contribution >= 0.6 is 0 Å². The lowest BCUT2D eigenvalue weighted by Gasteiger charge is -2.09. The first-order valence-corrected chi connectivity index (χ1v) is 6.81. The molecule has 0 unspecified atom stereocenters. The summed E-state index contributed by atoms with van der Waals surface area (Å²) >= 11 is 0. The van der Waals surface area contributed by atoms with Crippen molar-refractivity contribution >= 4 is 11.6 Å². The van der Waals surface area contributed by atoms with Crippen LogP contribution in [0.2, 0.25) is 0 Å². The van der Waals surface area contributed by atoms with Crippen molar-refractivity contribution in [2.24, 2.45) is 5.73 Å². The number of aromatic nitrogens is 2. The number of carbonyl (C=O) groups excluding carboxylic acids is 1. The maximum absolute atomic E-state index is 12.0. The third-order valence-corrected chi connectivity index (χ3v) is 3.04. The third-order valence-electron chi connectivity index (χ3n) is 3.04. The van der Waals surface area contributed by atoms with Gasteiger partial charge in [0, 0.05) is 31.0 Å². The van der Waals surface area contributed by atoms with Crippen LogP contribution in [0.4, 0.5) is 5.69 Å². The van der Waals surface area contributed by atoms with Gasteiger partial charge in [-0.25, -0.2) is 4.98 Å². The van der Waals surface area contributed by atoms with Gasteiger partial charge in [-0.3, -0.25) is 4.79 Å². The van der Waals surface area contributed by atoms with Crippen molar-refractivity contribution in [2.45, 2.75) is 32.9 Å². The molecule has 1 aromatic heterocycles. The van der Waals surface area contributed by atoms with Gasteiger partial charge < -0.3 is 15.6 Å². The Labute approximate surface area is 118 Å². The van der Waals surface area contributed by atoms with Crippen molar-refractivity contribution in [1.82, 2.24) is 9.55 Å². The molecule has 20 heavy (non-hydrogen) atoms. The first-order valence-electron chi connectivity index (χ1n) is 6.81. The fourth-order valence-electron chi connectivity index (χ4n) is 2.07. The molecule has 1 aromatic carbocycles. The molecule has 0 fully saturated rings. The van der Waals surface area contributed by atoms with Gasteiger partial charge in [-0.2, -0.15) is 0 Å². The zero-order chi connectivity index (χ0) is 14.4. The van der Waals surface area contributed by atoms with Crippen molar-refractivity contribution in [2.75, 3.05) is 5.32 Å². The summed E-state index contributed by atoms with van der Waals surface area (Å²) in [6.07, 6.45) is 5.45. The summed E-state index contributed by atoms with van der Waals surface area (Å²) in [5, 5.41) is 2.88. The van der Waals surface area contributed by atoms with Crippen LogP contribution in [0.25, 0.3) is 0 Å². The predicted molar refractivity (Wildman–Crippen MR) is 79.2 cm³/mol. The van der Waals surface area contributed by atoms with Crippen LogP contribution in [0.1, 0.15) is 24.7 Å². The molecule has 106 valence electrons. The van der Waals surface area contributed by atoms with Gasteiger partial charge in [-0.1, -0.05) is 19.1 Å². The molecule has 2 aromatic rings. The molecule has 1 heterocycles. The van der Waals surface area contributed by atoms with Crippen molar-refractivity contribution in [3.63, 3.8) is 0 Å². The van der Waals surface area contributed by atoms with Crippen LogP contribution in [0, 0.1) is 0 Å². The van der Waals surface area contributed by atoms with Gasteiger partial charge in [0.25, 0.3) is 0 Å². The maximum atomic E-state index is 12.0. The van der Waals surface area contributed by atoms with E-state index in [0.29, 0.717) is 6.54 Å². The van der Waals surface area contributed by atoms with Crippen molar-refractivity contribution in [3.05, 3.63) is 48.0 Å². The second-order valence-corrected chi connectivity index (χ2v) is 4.67. The predicted octanol–water partition coefficient (Wildman–Crippen LogP) is 1.93. The molecule has 0 saturated carbocycles. The molecule has 0 bridgehead atoms. The van der Waals surface area contributed by atoms with E-state index in [4.69, 9.17) is 5.73 Å². The van der Waals surface area contributed by atoms with Gasteiger partial charge in [0.15, 0.2) is 0 Å². The topological polar surface area (TPSA) is 72.9 Å². The minimum Gasteiger partial charge on any atom is -0.326 e. The molecule has 0 aliphatic rings. The summed E-state index contributed by atoms with van der Waals surface area (Å²) < 4.78 is 1.88.